The molecule has 1 N–H and O–H groups in total. The van der Waals surface area contributed by atoms with Crippen LogP contribution in [0.1, 0.15) is 25.0 Å². The van der Waals surface area contributed by atoms with Crippen LogP contribution in [0.4, 0.5) is 0 Å². The zero-order chi connectivity index (χ0) is 15.3. The fraction of sp³-hybridized carbons (Fsp3) is 0.294. The Bertz CT molecular complexity index is 626. The molecule has 4 nitrogen and oxygen atoms in total. The van der Waals surface area contributed by atoms with Crippen LogP contribution >= 0.6 is 0 Å². The van der Waals surface area contributed by atoms with E-state index in [2.05, 4.69) is 36.4 Å². The summed E-state index contributed by atoms with van der Waals surface area (Å²) in [7, 11) is 1.85. The van der Waals surface area contributed by atoms with E-state index in [1.165, 1.54) is 11.6 Å². The van der Waals surface area contributed by atoms with Gasteiger partial charge in [0.2, 0.25) is 5.91 Å². The molecular formula is C17H21N3O. The molecule has 0 bridgehead atoms. The van der Waals surface area contributed by atoms with Crippen molar-refractivity contribution < 1.29 is 4.79 Å². The molecule has 1 aromatic heterocycles. The Morgan fingerprint density at radius 3 is 2.67 bits per heavy atom. The molecule has 0 aliphatic carbocycles. The first-order valence-corrected chi connectivity index (χ1v) is 6.97. The van der Waals surface area contributed by atoms with Crippen molar-refractivity contribution in [2.45, 2.75) is 19.3 Å². The van der Waals surface area contributed by atoms with E-state index in [9.17, 15) is 4.79 Å². The van der Waals surface area contributed by atoms with Gasteiger partial charge in [-0.1, -0.05) is 44.2 Å². The van der Waals surface area contributed by atoms with Gasteiger partial charge in [-0.25, -0.2) is 0 Å². The van der Waals surface area contributed by atoms with Crippen LogP contribution in [0.3, 0.4) is 0 Å². The molecule has 0 saturated heterocycles. The highest BCUT2D eigenvalue weighted by molar-refractivity contribution is 5.91. The number of hydrogen-bond donors (Lipinski definition) is 1. The lowest BCUT2D eigenvalue weighted by Crippen LogP contribution is -2.35. The fourth-order valence-electron chi connectivity index (χ4n) is 2.06. The molecule has 1 aromatic carbocycles. The second-order valence-corrected chi connectivity index (χ2v) is 5.75. The maximum Gasteiger partial charge on any atom is 0.244 e. The molecule has 0 aliphatic rings. The minimum atomic E-state index is -0.0982. The van der Waals surface area contributed by atoms with Gasteiger partial charge in [0.05, 0.1) is 6.20 Å². The van der Waals surface area contributed by atoms with Crippen LogP contribution in [0.2, 0.25) is 0 Å². The number of amides is 1. The quantitative estimate of drug-likeness (QED) is 0.857. The van der Waals surface area contributed by atoms with Crippen molar-refractivity contribution in [1.29, 1.82) is 0 Å². The van der Waals surface area contributed by atoms with Crippen molar-refractivity contribution in [3.63, 3.8) is 0 Å². The normalized spacial score (nSPS) is 11.8. The molecule has 2 aromatic rings. The molecule has 1 heterocycles. The van der Waals surface area contributed by atoms with E-state index < -0.39 is 0 Å². The van der Waals surface area contributed by atoms with Gasteiger partial charge >= 0.3 is 0 Å². The Hall–Kier alpha value is -2.36. The van der Waals surface area contributed by atoms with Gasteiger partial charge in [0, 0.05) is 36.8 Å². The van der Waals surface area contributed by atoms with Crippen LogP contribution in [0.15, 0.2) is 48.8 Å². The number of aromatic nitrogens is 2. The predicted molar refractivity (Wildman–Crippen MR) is 84.7 cm³/mol. The minimum absolute atomic E-state index is 0.0946. The van der Waals surface area contributed by atoms with Gasteiger partial charge < -0.3 is 5.32 Å². The lowest BCUT2D eigenvalue weighted by molar-refractivity contribution is -0.116. The van der Waals surface area contributed by atoms with Crippen molar-refractivity contribution in [2.24, 2.45) is 7.05 Å². The summed E-state index contributed by atoms with van der Waals surface area (Å²) in [4.78, 5) is 11.9. The molecule has 4 heteroatoms. The van der Waals surface area contributed by atoms with Crippen LogP contribution in [0.5, 0.6) is 0 Å². The van der Waals surface area contributed by atoms with E-state index >= 15 is 0 Å². The highest BCUT2D eigenvalue weighted by Gasteiger charge is 2.20. The highest BCUT2D eigenvalue weighted by Crippen LogP contribution is 2.21. The number of benzene rings is 1. The monoisotopic (exact) mass is 283 g/mol. The first kappa shape index (κ1) is 15.0. The van der Waals surface area contributed by atoms with E-state index in [0.717, 1.165) is 5.56 Å². The third-order valence-electron chi connectivity index (χ3n) is 3.41. The molecule has 21 heavy (non-hydrogen) atoms. The Labute approximate surface area is 125 Å². The Morgan fingerprint density at radius 1 is 1.33 bits per heavy atom. The minimum Gasteiger partial charge on any atom is -0.352 e. The molecule has 0 spiro atoms. The Balaban J connectivity index is 1.90. The third-order valence-corrected chi connectivity index (χ3v) is 3.41. The summed E-state index contributed by atoms with van der Waals surface area (Å²) in [6, 6.07) is 10.2. The number of nitrogens with one attached hydrogen (secondary N) is 1. The SMILES string of the molecule is Cn1cc(/C=C/C(=O)NCC(C)(C)c2ccccc2)cn1. The summed E-state index contributed by atoms with van der Waals surface area (Å²) in [5.74, 6) is -0.0946. The molecule has 1 amide bonds. The Morgan fingerprint density at radius 2 is 2.05 bits per heavy atom. The van der Waals surface area contributed by atoms with Gasteiger partial charge in [0.25, 0.3) is 0 Å². The maximum atomic E-state index is 11.9. The third kappa shape index (κ3) is 4.31. The van der Waals surface area contributed by atoms with E-state index in [0.29, 0.717) is 6.54 Å². The van der Waals surface area contributed by atoms with E-state index in [4.69, 9.17) is 0 Å². The van der Waals surface area contributed by atoms with Crippen LogP contribution in [-0.2, 0) is 17.3 Å². The lowest BCUT2D eigenvalue weighted by Gasteiger charge is -2.25. The van der Waals surface area contributed by atoms with Crippen molar-refractivity contribution >= 4 is 12.0 Å². The van der Waals surface area contributed by atoms with Gasteiger partial charge in [-0.2, -0.15) is 5.10 Å². The highest BCUT2D eigenvalue weighted by atomic mass is 16.1. The van der Waals surface area contributed by atoms with Crippen molar-refractivity contribution in [3.05, 3.63) is 59.9 Å². The number of rotatable bonds is 5. The van der Waals surface area contributed by atoms with Gasteiger partial charge in [-0.15, -0.1) is 0 Å². The van der Waals surface area contributed by atoms with E-state index in [1.54, 1.807) is 17.0 Å². The molecule has 0 fully saturated rings. The second kappa shape index (κ2) is 6.39. The maximum absolute atomic E-state index is 11.9. The molecule has 0 saturated carbocycles. The van der Waals surface area contributed by atoms with Crippen LogP contribution < -0.4 is 5.32 Å². The van der Waals surface area contributed by atoms with E-state index in [-0.39, 0.29) is 11.3 Å². The molecule has 0 unspecified atom stereocenters. The van der Waals surface area contributed by atoms with Crippen molar-refractivity contribution in [1.82, 2.24) is 15.1 Å². The average molecular weight is 283 g/mol. The number of hydrogen-bond acceptors (Lipinski definition) is 2. The molecular weight excluding hydrogens is 262 g/mol. The fourth-order valence-corrected chi connectivity index (χ4v) is 2.06. The number of carbonyl (C=O) groups excluding carboxylic acids is 1. The first-order chi connectivity index (χ1) is 9.97. The topological polar surface area (TPSA) is 46.9 Å². The first-order valence-electron chi connectivity index (χ1n) is 6.97. The molecule has 110 valence electrons. The smallest absolute Gasteiger partial charge is 0.244 e. The van der Waals surface area contributed by atoms with Crippen LogP contribution in [-0.4, -0.2) is 22.2 Å². The number of nitrogens with zero attached hydrogens (tertiary/aromatic N) is 2. The van der Waals surface area contributed by atoms with Gasteiger partial charge in [-0.05, 0) is 11.6 Å². The molecule has 0 radical (unpaired) electrons. The zero-order valence-corrected chi connectivity index (χ0v) is 12.7. The predicted octanol–water partition coefficient (Wildman–Crippen LogP) is 2.53. The largest absolute Gasteiger partial charge is 0.352 e. The lowest BCUT2D eigenvalue weighted by atomic mass is 9.84. The molecule has 0 atom stereocenters. The molecule has 2 rings (SSSR count). The number of aryl methyl sites for hydroxylation is 1. The summed E-state index contributed by atoms with van der Waals surface area (Å²) in [5.41, 5.74) is 2.02. The zero-order valence-electron chi connectivity index (χ0n) is 12.7. The summed E-state index contributed by atoms with van der Waals surface area (Å²) in [5, 5.41) is 7.00. The van der Waals surface area contributed by atoms with Crippen LogP contribution in [0.25, 0.3) is 6.08 Å². The second-order valence-electron chi connectivity index (χ2n) is 5.75. The Kier molecular flexibility index (Phi) is 4.58. The summed E-state index contributed by atoms with van der Waals surface area (Å²) in [6.45, 7) is 4.83. The summed E-state index contributed by atoms with van der Waals surface area (Å²) in [6.07, 6.45) is 6.88. The molecule has 0 aliphatic heterocycles. The standard InChI is InChI=1S/C17H21N3O/c1-17(2,15-7-5-4-6-8-15)13-18-16(21)10-9-14-11-19-20(3)12-14/h4-12H,13H2,1-3H3,(H,18,21)/b10-9+. The summed E-state index contributed by atoms with van der Waals surface area (Å²) < 4.78 is 1.70. The van der Waals surface area contributed by atoms with Crippen LogP contribution in [0, 0.1) is 0 Å². The average Bonchev–Trinajstić information content (AvgIpc) is 2.90. The van der Waals surface area contributed by atoms with Crippen molar-refractivity contribution in [3.8, 4) is 0 Å². The number of carbonyl (C=O) groups is 1. The van der Waals surface area contributed by atoms with Crippen molar-refractivity contribution in [2.75, 3.05) is 6.54 Å². The van der Waals surface area contributed by atoms with Gasteiger partial charge in [0.1, 0.15) is 0 Å². The van der Waals surface area contributed by atoms with E-state index in [1.807, 2.05) is 31.4 Å². The van der Waals surface area contributed by atoms with Gasteiger partial charge in [0.15, 0.2) is 0 Å². The van der Waals surface area contributed by atoms with Gasteiger partial charge in [-0.3, -0.25) is 9.48 Å². The summed E-state index contributed by atoms with van der Waals surface area (Å²) >= 11 is 0.